The van der Waals surface area contributed by atoms with Gasteiger partial charge >= 0.3 is 6.09 Å². The molecule has 0 bridgehead atoms. The van der Waals surface area contributed by atoms with Crippen LogP contribution in [0.25, 0.3) is 0 Å². The summed E-state index contributed by atoms with van der Waals surface area (Å²) in [5, 5.41) is 3.77. The van der Waals surface area contributed by atoms with Crippen molar-refractivity contribution in [1.82, 2.24) is 10.3 Å². The molecule has 0 aliphatic rings. The van der Waals surface area contributed by atoms with Gasteiger partial charge in [-0.05, 0) is 38.8 Å². The van der Waals surface area contributed by atoms with Crippen LogP contribution in [0.4, 0.5) is 4.79 Å². The van der Waals surface area contributed by atoms with Crippen molar-refractivity contribution in [3.63, 3.8) is 0 Å². The molecule has 1 N–H and O–H groups in total. The Balaban J connectivity index is 2.62. The fourth-order valence-corrected chi connectivity index (χ4v) is 2.51. The number of amides is 1. The summed E-state index contributed by atoms with van der Waals surface area (Å²) in [5.41, 5.74) is 1.61. The topological polar surface area (TPSA) is 51.2 Å². The van der Waals surface area contributed by atoms with Gasteiger partial charge < -0.3 is 10.1 Å². The number of aromatic nitrogens is 1. The Morgan fingerprint density at radius 1 is 1.29 bits per heavy atom. The zero-order valence-electron chi connectivity index (χ0n) is 14.0. The van der Waals surface area contributed by atoms with Crippen LogP contribution in [-0.2, 0) is 11.3 Å². The highest BCUT2D eigenvalue weighted by molar-refractivity contribution is 8.00. The Kier molecular flexibility index (Phi) is 5.68. The number of carbonyl (C=O) groups is 1. The first-order chi connectivity index (χ1) is 9.46. The predicted molar refractivity (Wildman–Crippen MR) is 87.7 cm³/mol. The molecule has 4 nitrogen and oxygen atoms in total. The second-order valence-corrected chi connectivity index (χ2v) is 8.85. The van der Waals surface area contributed by atoms with Gasteiger partial charge in [-0.1, -0.05) is 26.8 Å². The standard InChI is InChI=1S/C16H26N2O2S/c1-11-8-12(9-17-13(11)21-16(5,6)7)10-18-14(19)20-15(2,3)4/h8-9H,10H2,1-7H3,(H,18,19). The lowest BCUT2D eigenvalue weighted by Gasteiger charge is -2.20. The lowest BCUT2D eigenvalue weighted by atomic mass is 10.2. The van der Waals surface area contributed by atoms with E-state index in [1.807, 2.05) is 27.7 Å². The zero-order chi connectivity index (χ0) is 16.3. The third-order valence-corrected chi connectivity index (χ3v) is 3.56. The highest BCUT2D eigenvalue weighted by atomic mass is 32.2. The van der Waals surface area contributed by atoms with Crippen molar-refractivity contribution >= 4 is 17.9 Å². The molecule has 0 aliphatic carbocycles. The van der Waals surface area contributed by atoms with Gasteiger partial charge in [0, 0.05) is 17.5 Å². The molecule has 1 heterocycles. The molecule has 0 unspecified atom stereocenters. The number of nitrogens with zero attached hydrogens (tertiary/aromatic N) is 1. The van der Waals surface area contributed by atoms with Crippen LogP contribution in [-0.4, -0.2) is 21.4 Å². The summed E-state index contributed by atoms with van der Waals surface area (Å²) < 4.78 is 5.34. The van der Waals surface area contributed by atoms with Crippen LogP contribution >= 0.6 is 11.8 Å². The predicted octanol–water partition coefficient (Wildman–Crippen LogP) is 4.31. The Hall–Kier alpha value is -1.23. The first-order valence-electron chi connectivity index (χ1n) is 7.08. The summed E-state index contributed by atoms with van der Waals surface area (Å²) in [7, 11) is 0. The van der Waals surface area contributed by atoms with Crippen LogP contribution in [0.1, 0.15) is 52.7 Å². The Morgan fingerprint density at radius 2 is 1.90 bits per heavy atom. The quantitative estimate of drug-likeness (QED) is 0.845. The molecule has 1 rings (SSSR count). The minimum Gasteiger partial charge on any atom is -0.444 e. The van der Waals surface area contributed by atoms with Gasteiger partial charge in [-0.3, -0.25) is 0 Å². The van der Waals surface area contributed by atoms with Gasteiger partial charge in [0.05, 0.1) is 5.03 Å². The zero-order valence-corrected chi connectivity index (χ0v) is 14.9. The van der Waals surface area contributed by atoms with E-state index in [4.69, 9.17) is 4.74 Å². The summed E-state index contributed by atoms with van der Waals surface area (Å²) in [6, 6.07) is 2.05. The van der Waals surface area contributed by atoms with E-state index in [0.717, 1.165) is 16.2 Å². The first-order valence-corrected chi connectivity index (χ1v) is 7.89. The smallest absolute Gasteiger partial charge is 0.407 e. The monoisotopic (exact) mass is 310 g/mol. The van der Waals surface area contributed by atoms with E-state index < -0.39 is 11.7 Å². The molecule has 0 saturated carbocycles. The van der Waals surface area contributed by atoms with Crippen LogP contribution in [0.5, 0.6) is 0 Å². The molecule has 0 spiro atoms. The van der Waals surface area contributed by atoms with Crippen molar-refractivity contribution in [2.24, 2.45) is 0 Å². The van der Waals surface area contributed by atoms with Gasteiger partial charge in [-0.15, -0.1) is 11.8 Å². The van der Waals surface area contributed by atoms with Crippen LogP contribution in [0.2, 0.25) is 0 Å². The van der Waals surface area contributed by atoms with Crippen LogP contribution in [0.3, 0.4) is 0 Å². The molecule has 0 saturated heterocycles. The molecule has 0 atom stereocenters. The number of thioether (sulfide) groups is 1. The van der Waals surface area contributed by atoms with E-state index in [0.29, 0.717) is 6.54 Å². The number of hydrogen-bond acceptors (Lipinski definition) is 4. The molecule has 0 fully saturated rings. The van der Waals surface area contributed by atoms with Crippen molar-refractivity contribution in [1.29, 1.82) is 0 Å². The fourth-order valence-electron chi connectivity index (χ4n) is 1.60. The first kappa shape index (κ1) is 17.8. The number of carbonyl (C=O) groups excluding carboxylic acids is 1. The second-order valence-electron chi connectivity index (χ2n) is 7.04. The maximum atomic E-state index is 11.6. The Labute approximate surface area is 132 Å². The molecule has 0 aromatic carbocycles. The Bertz CT molecular complexity index is 502. The van der Waals surface area contributed by atoms with Crippen molar-refractivity contribution in [3.8, 4) is 0 Å². The summed E-state index contributed by atoms with van der Waals surface area (Å²) in [6.07, 6.45) is 1.40. The average Bonchev–Trinajstić information content (AvgIpc) is 2.26. The molecule has 0 radical (unpaired) electrons. The third kappa shape index (κ3) is 7.37. The van der Waals surface area contributed by atoms with Gasteiger partial charge in [0.2, 0.25) is 0 Å². The summed E-state index contributed by atoms with van der Waals surface area (Å²) >= 11 is 1.75. The molecule has 5 heteroatoms. The minimum atomic E-state index is -0.481. The lowest BCUT2D eigenvalue weighted by molar-refractivity contribution is 0.0523. The number of rotatable bonds is 3. The number of pyridine rings is 1. The molecular formula is C16H26N2O2S. The van der Waals surface area contributed by atoms with Gasteiger partial charge in [0.15, 0.2) is 0 Å². The normalized spacial score (nSPS) is 12.1. The van der Waals surface area contributed by atoms with Crippen molar-refractivity contribution in [3.05, 3.63) is 23.4 Å². The highest BCUT2D eigenvalue weighted by Crippen LogP contribution is 2.32. The van der Waals surface area contributed by atoms with E-state index in [2.05, 4.69) is 37.1 Å². The number of ether oxygens (including phenoxy) is 1. The molecule has 21 heavy (non-hydrogen) atoms. The van der Waals surface area contributed by atoms with E-state index in [9.17, 15) is 4.79 Å². The fraction of sp³-hybridized carbons (Fsp3) is 0.625. The largest absolute Gasteiger partial charge is 0.444 e. The Morgan fingerprint density at radius 3 is 2.38 bits per heavy atom. The maximum Gasteiger partial charge on any atom is 0.407 e. The van der Waals surface area contributed by atoms with E-state index in [-0.39, 0.29) is 4.75 Å². The average molecular weight is 310 g/mol. The summed E-state index contributed by atoms with van der Waals surface area (Å²) in [6.45, 7) is 14.5. The van der Waals surface area contributed by atoms with Gasteiger partial charge in [0.1, 0.15) is 5.60 Å². The summed E-state index contributed by atoms with van der Waals surface area (Å²) in [4.78, 5) is 16.1. The van der Waals surface area contributed by atoms with E-state index in [1.54, 1.807) is 18.0 Å². The molecule has 118 valence electrons. The molecular weight excluding hydrogens is 284 g/mol. The van der Waals surface area contributed by atoms with E-state index in [1.165, 1.54) is 0 Å². The minimum absolute atomic E-state index is 0.133. The van der Waals surface area contributed by atoms with Crippen molar-refractivity contribution < 1.29 is 9.53 Å². The lowest BCUT2D eigenvalue weighted by Crippen LogP contribution is -2.32. The summed E-state index contributed by atoms with van der Waals surface area (Å²) in [5.74, 6) is 0. The van der Waals surface area contributed by atoms with Gasteiger partial charge in [0.25, 0.3) is 0 Å². The van der Waals surface area contributed by atoms with Crippen molar-refractivity contribution in [2.75, 3.05) is 0 Å². The number of hydrogen-bond donors (Lipinski definition) is 1. The molecule has 1 aromatic rings. The highest BCUT2D eigenvalue weighted by Gasteiger charge is 2.17. The van der Waals surface area contributed by atoms with Crippen molar-refractivity contribution in [2.45, 2.75) is 70.4 Å². The van der Waals surface area contributed by atoms with Crippen LogP contribution in [0.15, 0.2) is 17.3 Å². The molecule has 1 amide bonds. The van der Waals surface area contributed by atoms with Gasteiger partial charge in [-0.25, -0.2) is 9.78 Å². The van der Waals surface area contributed by atoms with E-state index >= 15 is 0 Å². The molecule has 0 aliphatic heterocycles. The SMILES string of the molecule is Cc1cc(CNC(=O)OC(C)(C)C)cnc1SC(C)(C)C. The van der Waals surface area contributed by atoms with Crippen LogP contribution in [0, 0.1) is 6.92 Å². The van der Waals surface area contributed by atoms with Gasteiger partial charge in [-0.2, -0.15) is 0 Å². The number of alkyl carbamates (subject to hydrolysis) is 1. The second kappa shape index (κ2) is 6.69. The number of aryl methyl sites for hydroxylation is 1. The van der Waals surface area contributed by atoms with Crippen LogP contribution < -0.4 is 5.32 Å². The number of nitrogens with one attached hydrogen (secondary N) is 1. The third-order valence-electron chi connectivity index (χ3n) is 2.33. The maximum absolute atomic E-state index is 11.6. The molecule has 1 aromatic heterocycles.